The molecule has 114 valence electrons. The SMILES string of the molecule is Cn1ccnc1/C=C(/OC(=O)c1ccccc1)c1ccccc1. The van der Waals surface area contributed by atoms with Crippen molar-refractivity contribution in [2.45, 2.75) is 0 Å². The molecule has 4 heteroatoms. The van der Waals surface area contributed by atoms with Crippen LogP contribution in [-0.4, -0.2) is 15.5 Å². The summed E-state index contributed by atoms with van der Waals surface area (Å²) in [4.78, 5) is 16.6. The highest BCUT2D eigenvalue weighted by Crippen LogP contribution is 2.20. The van der Waals surface area contributed by atoms with Crippen LogP contribution < -0.4 is 0 Å². The molecule has 3 aromatic rings. The summed E-state index contributed by atoms with van der Waals surface area (Å²) in [5.74, 6) is 0.786. The average molecular weight is 304 g/mol. The molecule has 4 nitrogen and oxygen atoms in total. The van der Waals surface area contributed by atoms with Crippen molar-refractivity contribution in [1.29, 1.82) is 0 Å². The third-order valence-corrected chi connectivity index (χ3v) is 3.39. The van der Waals surface area contributed by atoms with Crippen LogP contribution in [0, 0.1) is 0 Å². The molecule has 0 aliphatic rings. The van der Waals surface area contributed by atoms with E-state index in [1.807, 2.05) is 54.2 Å². The Balaban J connectivity index is 1.95. The van der Waals surface area contributed by atoms with Gasteiger partial charge in [0.15, 0.2) is 0 Å². The molecule has 0 spiro atoms. The number of imidazole rings is 1. The summed E-state index contributed by atoms with van der Waals surface area (Å²) < 4.78 is 7.48. The van der Waals surface area contributed by atoms with E-state index >= 15 is 0 Å². The number of ether oxygens (including phenoxy) is 1. The number of esters is 1. The predicted octanol–water partition coefficient (Wildman–Crippen LogP) is 3.78. The van der Waals surface area contributed by atoms with Crippen molar-refractivity contribution in [2.75, 3.05) is 0 Å². The van der Waals surface area contributed by atoms with Crippen LogP contribution in [0.5, 0.6) is 0 Å². The van der Waals surface area contributed by atoms with Gasteiger partial charge in [0, 0.05) is 31.1 Å². The molecule has 0 amide bonds. The molecule has 23 heavy (non-hydrogen) atoms. The Morgan fingerprint density at radius 3 is 2.17 bits per heavy atom. The number of carbonyl (C=O) groups excluding carboxylic acids is 1. The Bertz CT molecular complexity index is 821. The first-order chi connectivity index (χ1) is 11.2. The first-order valence-electron chi connectivity index (χ1n) is 7.26. The molecule has 0 bridgehead atoms. The van der Waals surface area contributed by atoms with Crippen molar-refractivity contribution in [2.24, 2.45) is 7.05 Å². The lowest BCUT2D eigenvalue weighted by molar-refractivity contribution is 0.0693. The van der Waals surface area contributed by atoms with Gasteiger partial charge in [-0.3, -0.25) is 0 Å². The van der Waals surface area contributed by atoms with Gasteiger partial charge in [0.1, 0.15) is 11.6 Å². The Kier molecular flexibility index (Phi) is 4.34. The Labute approximate surface area is 134 Å². The van der Waals surface area contributed by atoms with Gasteiger partial charge in [-0.2, -0.15) is 0 Å². The average Bonchev–Trinajstić information content (AvgIpc) is 3.00. The minimum Gasteiger partial charge on any atom is -0.422 e. The third kappa shape index (κ3) is 3.55. The van der Waals surface area contributed by atoms with Gasteiger partial charge in [0.25, 0.3) is 0 Å². The lowest BCUT2D eigenvalue weighted by Gasteiger charge is -2.09. The van der Waals surface area contributed by atoms with E-state index in [4.69, 9.17) is 4.74 Å². The molecule has 2 aromatic carbocycles. The van der Waals surface area contributed by atoms with Gasteiger partial charge in [0.05, 0.1) is 5.56 Å². The molecule has 0 radical (unpaired) electrons. The molecule has 0 saturated heterocycles. The van der Waals surface area contributed by atoms with Crippen LogP contribution in [0.25, 0.3) is 11.8 Å². The van der Waals surface area contributed by atoms with Gasteiger partial charge in [-0.25, -0.2) is 9.78 Å². The van der Waals surface area contributed by atoms with Crippen molar-refractivity contribution in [3.05, 3.63) is 90.0 Å². The molecule has 0 aliphatic heterocycles. The van der Waals surface area contributed by atoms with Crippen LogP contribution in [0.2, 0.25) is 0 Å². The predicted molar refractivity (Wildman–Crippen MR) is 89.4 cm³/mol. The Hall–Kier alpha value is -3.14. The molecule has 1 heterocycles. The summed E-state index contributed by atoms with van der Waals surface area (Å²) in [5, 5.41) is 0. The molecule has 0 atom stereocenters. The van der Waals surface area contributed by atoms with Gasteiger partial charge in [0.2, 0.25) is 0 Å². The quantitative estimate of drug-likeness (QED) is 0.544. The highest BCUT2D eigenvalue weighted by atomic mass is 16.5. The molecule has 0 fully saturated rings. The molecular weight excluding hydrogens is 288 g/mol. The van der Waals surface area contributed by atoms with Gasteiger partial charge in [-0.05, 0) is 12.1 Å². The van der Waals surface area contributed by atoms with Crippen LogP contribution in [0.3, 0.4) is 0 Å². The smallest absolute Gasteiger partial charge is 0.343 e. The number of aromatic nitrogens is 2. The standard InChI is InChI=1S/C19H16N2O2/c1-21-13-12-20-18(21)14-17(15-8-4-2-5-9-15)23-19(22)16-10-6-3-7-11-16/h2-14H,1H3/b17-14+. The second-order valence-corrected chi connectivity index (χ2v) is 5.03. The maximum Gasteiger partial charge on any atom is 0.343 e. The van der Waals surface area contributed by atoms with E-state index in [2.05, 4.69) is 4.98 Å². The fourth-order valence-corrected chi connectivity index (χ4v) is 2.14. The maximum absolute atomic E-state index is 12.4. The monoisotopic (exact) mass is 304 g/mol. The van der Waals surface area contributed by atoms with Gasteiger partial charge in [-0.15, -0.1) is 0 Å². The fourth-order valence-electron chi connectivity index (χ4n) is 2.14. The first kappa shape index (κ1) is 14.8. The van der Waals surface area contributed by atoms with E-state index < -0.39 is 5.97 Å². The van der Waals surface area contributed by atoms with E-state index in [9.17, 15) is 4.79 Å². The number of hydrogen-bond acceptors (Lipinski definition) is 3. The molecule has 1 aromatic heterocycles. The number of benzene rings is 2. The summed E-state index contributed by atoms with van der Waals surface area (Å²) in [6, 6.07) is 18.4. The number of aryl methyl sites for hydroxylation is 1. The van der Waals surface area contributed by atoms with Crippen molar-refractivity contribution in [1.82, 2.24) is 9.55 Å². The second-order valence-electron chi connectivity index (χ2n) is 5.03. The van der Waals surface area contributed by atoms with E-state index in [0.29, 0.717) is 17.1 Å². The Morgan fingerprint density at radius 1 is 1.00 bits per heavy atom. The van der Waals surface area contributed by atoms with E-state index in [1.165, 1.54) is 0 Å². The summed E-state index contributed by atoms with van der Waals surface area (Å²) in [5.41, 5.74) is 1.33. The first-order valence-corrected chi connectivity index (χ1v) is 7.26. The van der Waals surface area contributed by atoms with Crippen molar-refractivity contribution in [3.63, 3.8) is 0 Å². The van der Waals surface area contributed by atoms with Gasteiger partial charge >= 0.3 is 5.97 Å². The van der Waals surface area contributed by atoms with Crippen LogP contribution in [0.15, 0.2) is 73.1 Å². The fraction of sp³-hybridized carbons (Fsp3) is 0.0526. The summed E-state index contributed by atoms with van der Waals surface area (Å²) in [7, 11) is 1.89. The number of carbonyl (C=O) groups is 1. The maximum atomic E-state index is 12.4. The number of rotatable bonds is 4. The van der Waals surface area contributed by atoms with Gasteiger partial charge in [-0.1, -0.05) is 48.5 Å². The summed E-state index contributed by atoms with van der Waals surface area (Å²) in [6.07, 6.45) is 5.30. The van der Waals surface area contributed by atoms with Crippen LogP contribution in [0.4, 0.5) is 0 Å². The zero-order chi connectivity index (χ0) is 16.1. The highest BCUT2D eigenvalue weighted by Gasteiger charge is 2.12. The third-order valence-electron chi connectivity index (χ3n) is 3.39. The zero-order valence-corrected chi connectivity index (χ0v) is 12.7. The lowest BCUT2D eigenvalue weighted by Crippen LogP contribution is -2.05. The van der Waals surface area contributed by atoms with E-state index in [0.717, 1.165) is 5.56 Å². The zero-order valence-electron chi connectivity index (χ0n) is 12.7. The van der Waals surface area contributed by atoms with Crippen LogP contribution in [0.1, 0.15) is 21.7 Å². The largest absolute Gasteiger partial charge is 0.422 e. The lowest BCUT2D eigenvalue weighted by atomic mass is 10.1. The Morgan fingerprint density at radius 2 is 1.61 bits per heavy atom. The normalized spacial score (nSPS) is 11.3. The summed E-state index contributed by atoms with van der Waals surface area (Å²) in [6.45, 7) is 0. The molecule has 0 N–H and O–H groups in total. The van der Waals surface area contributed by atoms with Crippen molar-refractivity contribution in [3.8, 4) is 0 Å². The van der Waals surface area contributed by atoms with Crippen LogP contribution >= 0.6 is 0 Å². The number of hydrogen-bond donors (Lipinski definition) is 0. The minimum atomic E-state index is -0.394. The molecular formula is C19H16N2O2. The minimum absolute atomic E-state index is 0.394. The molecule has 3 rings (SSSR count). The summed E-state index contributed by atoms with van der Waals surface area (Å²) >= 11 is 0. The second kappa shape index (κ2) is 6.75. The topological polar surface area (TPSA) is 44.1 Å². The van der Waals surface area contributed by atoms with E-state index in [1.54, 1.807) is 36.5 Å². The molecule has 0 aliphatic carbocycles. The van der Waals surface area contributed by atoms with Gasteiger partial charge < -0.3 is 9.30 Å². The molecule has 0 saturated carbocycles. The van der Waals surface area contributed by atoms with E-state index in [-0.39, 0.29) is 0 Å². The number of nitrogens with zero attached hydrogens (tertiary/aromatic N) is 2. The van der Waals surface area contributed by atoms with Crippen molar-refractivity contribution < 1.29 is 9.53 Å². The van der Waals surface area contributed by atoms with Crippen LogP contribution in [-0.2, 0) is 11.8 Å². The van der Waals surface area contributed by atoms with Crippen molar-refractivity contribution >= 4 is 17.8 Å². The molecule has 0 unspecified atom stereocenters. The highest BCUT2D eigenvalue weighted by molar-refractivity contribution is 5.94.